The Bertz CT molecular complexity index is 170. The molecule has 0 bridgehead atoms. The van der Waals surface area contributed by atoms with Crippen LogP contribution in [0, 0.1) is 0 Å². The van der Waals surface area contributed by atoms with E-state index in [4.69, 9.17) is 0 Å². The van der Waals surface area contributed by atoms with E-state index >= 15 is 0 Å². The van der Waals surface area contributed by atoms with E-state index < -0.39 is 43.8 Å². The molecular formula is C4F9Mg. The molecule has 0 nitrogen and oxygen atoms in total. The zero-order chi connectivity index (χ0) is 12.0. The normalized spacial score (nSPS) is 15.7. The van der Waals surface area contributed by atoms with E-state index in [2.05, 4.69) is 0 Å². The molecule has 81 valence electrons. The molecular weight excluding hydrogens is 243 g/mol. The van der Waals surface area contributed by atoms with E-state index in [1.807, 2.05) is 0 Å². The third-order valence-electron chi connectivity index (χ3n) is 1.45. The van der Waals surface area contributed by atoms with Gasteiger partial charge in [-0.2, -0.15) is 39.5 Å². The maximum Gasteiger partial charge on any atom is 0.386 e. The lowest BCUT2D eigenvalue weighted by atomic mass is 10.1. The van der Waals surface area contributed by atoms with Gasteiger partial charge in [0.25, 0.3) is 21.7 Å². The average Bonchev–Trinajstić information content (AvgIpc) is 1.77. The summed E-state index contributed by atoms with van der Waals surface area (Å²) in [7, 11) is 0. The minimum atomic E-state index is -6.41. The molecule has 10 heteroatoms. The lowest BCUT2D eigenvalue weighted by Gasteiger charge is -2.38. The topological polar surface area (TPSA) is 0 Å². The molecule has 1 radical (unpaired) electrons. The second kappa shape index (κ2) is 3.32. The van der Waals surface area contributed by atoms with Crippen LogP contribution in [0.2, 0.25) is 3.54 Å². The van der Waals surface area contributed by atoms with E-state index in [0.717, 1.165) is 0 Å². The van der Waals surface area contributed by atoms with Crippen LogP contribution in [0.5, 0.6) is 0 Å². The van der Waals surface area contributed by atoms with Gasteiger partial charge in [0.05, 0.1) is 0 Å². The van der Waals surface area contributed by atoms with E-state index in [1.54, 1.807) is 0 Å². The van der Waals surface area contributed by atoms with Gasteiger partial charge in [0.1, 0.15) is 3.54 Å². The Balaban J connectivity index is 5.54. The minimum absolute atomic E-state index is 1.18. The first-order valence-corrected chi connectivity index (χ1v) is 3.51. The van der Waals surface area contributed by atoms with Crippen LogP contribution in [0.3, 0.4) is 0 Å². The number of halogens is 9. The lowest BCUT2D eigenvalue weighted by Crippen LogP contribution is -2.53. The summed E-state index contributed by atoms with van der Waals surface area (Å²) in [5, 5.41) is 0. The van der Waals surface area contributed by atoms with Crippen molar-refractivity contribution in [3.05, 3.63) is 0 Å². The molecule has 0 aliphatic heterocycles. The fourth-order valence-electron chi connectivity index (χ4n) is 0.482. The van der Waals surface area contributed by atoms with E-state index in [0.29, 0.717) is 0 Å². The van der Waals surface area contributed by atoms with E-state index in [-0.39, 0.29) is 0 Å². The smallest absolute Gasteiger partial charge is 0.173 e. The monoisotopic (exact) mass is 243 g/mol. The molecule has 0 aliphatic carbocycles. The van der Waals surface area contributed by atoms with Gasteiger partial charge in [-0.25, -0.2) is 0 Å². The second-order valence-corrected chi connectivity index (χ2v) is 3.46. The van der Waals surface area contributed by atoms with Crippen LogP contribution in [0.4, 0.5) is 39.5 Å². The predicted molar refractivity (Wildman–Crippen MR) is 26.6 cm³/mol. The Labute approximate surface area is 83.9 Å². The maximum atomic E-state index is 11.7. The number of hydrogen-bond donors (Lipinski definition) is 0. The van der Waals surface area contributed by atoms with Gasteiger partial charge >= 0.3 is 18.5 Å². The highest BCUT2D eigenvalue weighted by atomic mass is 24.4. The van der Waals surface area contributed by atoms with Crippen LogP contribution < -0.4 is 0 Å². The summed E-state index contributed by atoms with van der Waals surface area (Å²) in [6.45, 7) is 0. The van der Waals surface area contributed by atoms with Crippen LogP contribution in [0.15, 0.2) is 0 Å². The maximum absolute atomic E-state index is 11.7. The Kier molecular flexibility index (Phi) is 3.35. The van der Waals surface area contributed by atoms with E-state index in [1.165, 1.54) is 0 Å². The van der Waals surface area contributed by atoms with Crippen molar-refractivity contribution in [2.75, 3.05) is 0 Å². The molecule has 14 heavy (non-hydrogen) atoms. The lowest BCUT2D eigenvalue weighted by molar-refractivity contribution is -0.353. The van der Waals surface area contributed by atoms with E-state index in [9.17, 15) is 39.5 Å². The van der Waals surface area contributed by atoms with Crippen molar-refractivity contribution in [2.24, 2.45) is 0 Å². The van der Waals surface area contributed by atoms with Gasteiger partial charge < -0.3 is 0 Å². The summed E-state index contributed by atoms with van der Waals surface area (Å²) in [4.78, 5) is 0. The van der Waals surface area contributed by atoms with Crippen LogP contribution in [-0.4, -0.2) is 40.2 Å². The van der Waals surface area contributed by atoms with Crippen LogP contribution in [0.25, 0.3) is 0 Å². The molecule has 0 aromatic heterocycles. The highest BCUT2D eigenvalue weighted by Crippen LogP contribution is 2.62. The molecule has 0 saturated heterocycles. The fraction of sp³-hybridized carbons (Fsp3) is 1.00. The van der Waals surface area contributed by atoms with Gasteiger partial charge in [-0.1, -0.05) is 0 Å². The number of rotatable bonds is 0. The first-order valence-electron chi connectivity index (χ1n) is 2.80. The van der Waals surface area contributed by atoms with Crippen LogP contribution >= 0.6 is 0 Å². The van der Waals surface area contributed by atoms with Gasteiger partial charge in [-0.05, 0) is 0 Å². The molecule has 0 unspecified atom stereocenters. The van der Waals surface area contributed by atoms with Gasteiger partial charge in [-0.15, -0.1) is 0 Å². The predicted octanol–water partition coefficient (Wildman–Crippen LogP) is 3.00. The molecule has 0 aliphatic rings. The van der Waals surface area contributed by atoms with Crippen molar-refractivity contribution in [3.8, 4) is 0 Å². The molecule has 0 aromatic carbocycles. The van der Waals surface area contributed by atoms with Crippen molar-refractivity contribution in [1.82, 2.24) is 0 Å². The third kappa shape index (κ3) is 2.04. The summed E-state index contributed by atoms with van der Waals surface area (Å²) in [6.07, 6.45) is -19.2. The molecule has 0 fully saturated rings. The molecule has 0 saturated carbocycles. The van der Waals surface area contributed by atoms with Crippen molar-refractivity contribution in [2.45, 2.75) is 22.1 Å². The SMILES string of the molecule is FC(F)(F)[C]([Mg])(C(F)(F)F)C(F)(F)F. The summed E-state index contributed by atoms with van der Waals surface area (Å²) >= 11 is -1.18. The standard InChI is InChI=1S/C4F9.Mg/c5-2(6,7)1(3(8,9)10)4(11,12)13;. The molecule has 0 N–H and O–H groups in total. The van der Waals surface area contributed by atoms with Gasteiger partial charge in [0.2, 0.25) is 0 Å². The Morgan fingerprint density at radius 3 is 0.643 bits per heavy atom. The Hall–Kier alpha value is 0.136. The summed E-state index contributed by atoms with van der Waals surface area (Å²) in [5.41, 5.74) is 0. The zero-order valence-corrected chi connectivity index (χ0v) is 7.52. The first-order chi connectivity index (χ1) is 5.75. The molecule has 0 aromatic rings. The van der Waals surface area contributed by atoms with Crippen molar-refractivity contribution in [3.63, 3.8) is 0 Å². The summed E-state index contributed by atoms with van der Waals surface area (Å²) in [6, 6.07) is 0. The summed E-state index contributed by atoms with van der Waals surface area (Å²) in [5.74, 6) is 0. The molecule has 0 rings (SSSR count). The molecule has 0 heterocycles. The first kappa shape index (κ1) is 14.1. The number of hydrogen-bond acceptors (Lipinski definition) is 0. The van der Waals surface area contributed by atoms with Crippen LogP contribution in [0.1, 0.15) is 0 Å². The Morgan fingerprint density at radius 2 is 0.643 bits per heavy atom. The minimum Gasteiger partial charge on any atom is -0.173 e. The van der Waals surface area contributed by atoms with Crippen LogP contribution in [-0.2, 0) is 0 Å². The highest BCUT2D eigenvalue weighted by molar-refractivity contribution is 6.17. The number of alkyl halides is 9. The van der Waals surface area contributed by atoms with Crippen molar-refractivity contribution in [1.29, 1.82) is 0 Å². The third-order valence-corrected chi connectivity index (χ3v) is 2.65. The largest absolute Gasteiger partial charge is 0.386 e. The van der Waals surface area contributed by atoms with Crippen molar-refractivity contribution < 1.29 is 39.5 Å². The molecule has 0 atom stereocenters. The second-order valence-electron chi connectivity index (χ2n) is 2.40. The van der Waals surface area contributed by atoms with Gasteiger partial charge in [-0.3, -0.25) is 0 Å². The van der Waals surface area contributed by atoms with Crippen molar-refractivity contribution >= 4 is 21.7 Å². The highest BCUT2D eigenvalue weighted by Gasteiger charge is 2.76. The molecule has 0 amide bonds. The molecule has 0 spiro atoms. The Morgan fingerprint density at radius 1 is 0.500 bits per heavy atom. The van der Waals surface area contributed by atoms with Gasteiger partial charge in [0, 0.05) is 0 Å². The fourth-order valence-corrected chi connectivity index (χ4v) is 0.482. The average molecular weight is 243 g/mol. The van der Waals surface area contributed by atoms with Gasteiger partial charge in [0.15, 0.2) is 0 Å². The summed E-state index contributed by atoms with van der Waals surface area (Å²) < 4.78 is 99.3. The quantitative estimate of drug-likeness (QED) is 0.453. The zero-order valence-electron chi connectivity index (χ0n) is 6.11.